The summed E-state index contributed by atoms with van der Waals surface area (Å²) in [5, 5.41) is 2.47. The maximum atomic E-state index is 14.6. The van der Waals surface area contributed by atoms with E-state index < -0.39 is 56.9 Å². The van der Waals surface area contributed by atoms with Gasteiger partial charge in [0.15, 0.2) is 0 Å². The lowest BCUT2D eigenvalue weighted by Gasteiger charge is -2.34. The Kier molecular flexibility index (Phi) is 11.7. The van der Waals surface area contributed by atoms with Crippen molar-refractivity contribution in [3.8, 4) is 0 Å². The molecule has 5 rings (SSSR count). The molecule has 0 radical (unpaired) electrons. The van der Waals surface area contributed by atoms with Crippen LogP contribution in [0.3, 0.4) is 0 Å². The number of nitrogens with one attached hydrogen (secondary N) is 1. The molecular weight excluding hydrogens is 743 g/mol. The van der Waals surface area contributed by atoms with Crippen LogP contribution in [0.15, 0.2) is 112 Å². The molecule has 1 saturated carbocycles. The molecule has 1 aliphatic rings. The molecule has 258 valence electrons. The fourth-order valence-corrected chi connectivity index (χ4v) is 7.76. The van der Waals surface area contributed by atoms with Crippen molar-refractivity contribution >= 4 is 55.1 Å². The molecule has 1 atom stereocenters. The largest absolute Gasteiger partial charge is 0.417 e. The second kappa shape index (κ2) is 15.8. The smallest absolute Gasteiger partial charge is 0.352 e. The number of benzene rings is 4. The Morgan fingerprint density at radius 1 is 0.878 bits per heavy atom. The molecule has 0 heterocycles. The number of carbonyl (C=O) groups is 2. The van der Waals surface area contributed by atoms with Gasteiger partial charge in [-0.1, -0.05) is 101 Å². The summed E-state index contributed by atoms with van der Waals surface area (Å²) in [6, 6.07) is 24.9. The number of nitrogens with zero attached hydrogens (tertiary/aromatic N) is 2. The predicted octanol–water partition coefficient (Wildman–Crippen LogP) is 8.02. The molecule has 49 heavy (non-hydrogen) atoms. The summed E-state index contributed by atoms with van der Waals surface area (Å²) < 4.78 is 71.6. The zero-order chi connectivity index (χ0) is 35.2. The third-order valence-corrected chi connectivity index (χ3v) is 11.0. The first-order chi connectivity index (χ1) is 23.3. The second-order valence-electron chi connectivity index (χ2n) is 11.8. The van der Waals surface area contributed by atoms with E-state index in [0.29, 0.717) is 15.9 Å². The number of hydrogen-bond acceptors (Lipinski definition) is 4. The number of sulfonamides is 1. The molecule has 0 spiro atoms. The van der Waals surface area contributed by atoms with E-state index in [9.17, 15) is 31.2 Å². The van der Waals surface area contributed by atoms with Crippen LogP contribution in [0.1, 0.15) is 42.4 Å². The van der Waals surface area contributed by atoms with Crippen molar-refractivity contribution in [2.45, 2.75) is 61.8 Å². The van der Waals surface area contributed by atoms with Crippen molar-refractivity contribution < 1.29 is 31.2 Å². The van der Waals surface area contributed by atoms with E-state index in [1.165, 1.54) is 29.2 Å². The minimum absolute atomic E-state index is 0.0692. The Bertz CT molecular complexity index is 1860. The lowest BCUT2D eigenvalue weighted by Crippen LogP contribution is -2.54. The summed E-state index contributed by atoms with van der Waals surface area (Å²) >= 11 is 9.29. The molecule has 1 unspecified atom stereocenters. The summed E-state index contributed by atoms with van der Waals surface area (Å²) in [4.78, 5) is 29.7. The topological polar surface area (TPSA) is 86.8 Å². The molecule has 1 fully saturated rings. The number of hydrogen-bond donors (Lipinski definition) is 1. The van der Waals surface area contributed by atoms with Gasteiger partial charge in [-0.2, -0.15) is 13.2 Å². The third-order valence-electron chi connectivity index (χ3n) is 8.39. The molecule has 7 nitrogen and oxygen atoms in total. The van der Waals surface area contributed by atoms with Gasteiger partial charge in [-0.3, -0.25) is 13.9 Å². The van der Waals surface area contributed by atoms with Crippen LogP contribution < -0.4 is 9.62 Å². The zero-order valence-electron chi connectivity index (χ0n) is 26.2. The van der Waals surface area contributed by atoms with Crippen LogP contribution in [0.4, 0.5) is 18.9 Å². The molecule has 0 aromatic heterocycles. The van der Waals surface area contributed by atoms with Crippen molar-refractivity contribution in [3.05, 3.63) is 129 Å². The highest BCUT2D eigenvalue weighted by atomic mass is 79.9. The Balaban J connectivity index is 1.60. The van der Waals surface area contributed by atoms with Crippen LogP contribution in [-0.4, -0.2) is 43.8 Å². The van der Waals surface area contributed by atoms with E-state index in [-0.39, 0.29) is 23.9 Å². The average Bonchev–Trinajstić information content (AvgIpc) is 3.59. The van der Waals surface area contributed by atoms with Crippen molar-refractivity contribution in [2.24, 2.45) is 0 Å². The van der Waals surface area contributed by atoms with Gasteiger partial charge in [0.05, 0.1) is 21.2 Å². The summed E-state index contributed by atoms with van der Waals surface area (Å²) in [6.07, 6.45) is -1.26. The van der Waals surface area contributed by atoms with Crippen molar-refractivity contribution in [1.29, 1.82) is 0 Å². The lowest BCUT2D eigenvalue weighted by molar-refractivity contribution is -0.140. The first-order valence-electron chi connectivity index (χ1n) is 15.7. The molecule has 4 aromatic carbocycles. The first kappa shape index (κ1) is 36.4. The Labute approximate surface area is 297 Å². The third kappa shape index (κ3) is 9.23. The highest BCUT2D eigenvalue weighted by Gasteiger charge is 2.38. The van der Waals surface area contributed by atoms with E-state index in [1.807, 2.05) is 30.3 Å². The maximum Gasteiger partial charge on any atom is 0.417 e. The number of anilines is 1. The van der Waals surface area contributed by atoms with E-state index >= 15 is 0 Å². The molecule has 1 N–H and O–H groups in total. The maximum absolute atomic E-state index is 14.6. The van der Waals surface area contributed by atoms with Crippen LogP contribution in [0.5, 0.6) is 0 Å². The normalized spacial score (nSPS) is 14.3. The Morgan fingerprint density at radius 3 is 2.10 bits per heavy atom. The molecule has 0 bridgehead atoms. The van der Waals surface area contributed by atoms with Crippen LogP contribution >= 0.6 is 27.5 Å². The highest BCUT2D eigenvalue weighted by Crippen LogP contribution is 2.38. The zero-order valence-corrected chi connectivity index (χ0v) is 29.4. The molecule has 0 aliphatic heterocycles. The van der Waals surface area contributed by atoms with E-state index in [1.54, 1.807) is 30.3 Å². The van der Waals surface area contributed by atoms with Crippen LogP contribution in [0.25, 0.3) is 0 Å². The van der Waals surface area contributed by atoms with Crippen LogP contribution in [-0.2, 0) is 38.8 Å². The van der Waals surface area contributed by atoms with E-state index in [2.05, 4.69) is 21.2 Å². The van der Waals surface area contributed by atoms with E-state index in [4.69, 9.17) is 11.6 Å². The van der Waals surface area contributed by atoms with Gasteiger partial charge in [-0.25, -0.2) is 8.42 Å². The van der Waals surface area contributed by atoms with Gasteiger partial charge >= 0.3 is 6.18 Å². The SMILES string of the molecule is O=C(NC1CCCC1)C(Cc1ccccc1)N(Cc1ccc(Br)cc1)C(=O)CN(c1ccc(Cl)c(C(F)(F)F)c1)S(=O)(=O)c1ccccc1. The average molecular weight is 777 g/mol. The van der Waals surface area contributed by atoms with Crippen LogP contribution in [0.2, 0.25) is 5.02 Å². The molecule has 4 aromatic rings. The lowest BCUT2D eigenvalue weighted by atomic mass is 10.0. The fraction of sp³-hybridized carbons (Fsp3) is 0.278. The standard InChI is InChI=1S/C36H34BrClF3N3O4S/c37-27-17-15-26(16-18-27)23-43(33(21-25-9-3-1-4-10-25)35(46)42-28-11-7-8-12-28)34(45)24-44(49(47,48)30-13-5-2-6-14-30)29-19-20-32(38)31(22-29)36(39,40)41/h1-6,9-10,13-20,22,28,33H,7-8,11-12,21,23-24H2,(H,42,46). The molecule has 0 saturated heterocycles. The van der Waals surface area contributed by atoms with Crippen molar-refractivity contribution in [3.63, 3.8) is 0 Å². The fourth-order valence-electron chi connectivity index (χ4n) is 5.84. The number of rotatable bonds is 12. The van der Waals surface area contributed by atoms with Gasteiger partial charge in [0, 0.05) is 23.5 Å². The molecule has 2 amide bonds. The Morgan fingerprint density at radius 2 is 1.49 bits per heavy atom. The second-order valence-corrected chi connectivity index (χ2v) is 15.0. The number of amides is 2. The minimum atomic E-state index is -4.90. The minimum Gasteiger partial charge on any atom is -0.352 e. The monoisotopic (exact) mass is 775 g/mol. The summed E-state index contributed by atoms with van der Waals surface area (Å²) in [6.45, 7) is -0.968. The van der Waals surface area contributed by atoms with Crippen LogP contribution in [0, 0.1) is 0 Å². The van der Waals surface area contributed by atoms with E-state index in [0.717, 1.165) is 47.9 Å². The molecular formula is C36H34BrClF3N3O4S. The summed E-state index contributed by atoms with van der Waals surface area (Å²) in [5.41, 5.74) is -0.236. The van der Waals surface area contributed by atoms with Crippen molar-refractivity contribution in [1.82, 2.24) is 10.2 Å². The molecule has 13 heteroatoms. The summed E-state index contributed by atoms with van der Waals surface area (Å²) in [5.74, 6) is -1.18. The number of carbonyl (C=O) groups excluding carboxylic acids is 2. The van der Waals surface area contributed by atoms with Gasteiger partial charge in [0.1, 0.15) is 12.6 Å². The van der Waals surface area contributed by atoms with Gasteiger partial charge in [-0.05, 0) is 66.4 Å². The number of halogens is 5. The predicted molar refractivity (Wildman–Crippen MR) is 186 cm³/mol. The molecule has 1 aliphatic carbocycles. The van der Waals surface area contributed by atoms with Gasteiger partial charge in [0.25, 0.3) is 10.0 Å². The summed E-state index contributed by atoms with van der Waals surface area (Å²) in [7, 11) is -4.59. The first-order valence-corrected chi connectivity index (χ1v) is 18.3. The van der Waals surface area contributed by atoms with Crippen molar-refractivity contribution in [2.75, 3.05) is 10.8 Å². The van der Waals surface area contributed by atoms with Gasteiger partial charge < -0.3 is 10.2 Å². The Hall–Kier alpha value is -3.87. The highest BCUT2D eigenvalue weighted by molar-refractivity contribution is 9.10. The van der Waals surface area contributed by atoms with Gasteiger partial charge in [-0.15, -0.1) is 0 Å². The quantitative estimate of drug-likeness (QED) is 0.158. The van der Waals surface area contributed by atoms with Gasteiger partial charge in [0.2, 0.25) is 11.8 Å². The number of alkyl halides is 3.